The lowest BCUT2D eigenvalue weighted by Gasteiger charge is -2.20. The smallest absolute Gasteiger partial charge is 0.412 e. The van der Waals surface area contributed by atoms with Crippen LogP contribution in [0.4, 0.5) is 10.5 Å². The number of carbonyl (C=O) groups excluding carboxylic acids is 2. The second kappa shape index (κ2) is 12.7. The number of ether oxygens (including phenoxy) is 3. The number of aliphatic hydroxyl groups excluding tert-OH is 1. The Morgan fingerprint density at radius 3 is 2.61 bits per heavy atom. The molecule has 1 amide bonds. The molecule has 0 aliphatic heterocycles. The first-order valence-corrected chi connectivity index (χ1v) is 11.3. The van der Waals surface area contributed by atoms with Gasteiger partial charge in [0.15, 0.2) is 0 Å². The first-order valence-electron chi connectivity index (χ1n) is 10.7. The molecule has 33 heavy (non-hydrogen) atoms. The van der Waals surface area contributed by atoms with Crippen LogP contribution in [-0.4, -0.2) is 42.7 Å². The molecule has 1 atom stereocenters. The van der Waals surface area contributed by atoms with Crippen LogP contribution in [0.1, 0.15) is 24.5 Å². The number of hydrogen-bond acceptors (Lipinski definition) is 7. The first-order chi connectivity index (χ1) is 16.1. The Bertz CT molecular complexity index is 1070. The van der Waals surface area contributed by atoms with Gasteiger partial charge in [-0.2, -0.15) is 12.6 Å². The standard InChI is InChI=1S/C25H27NO6S/c27-13-15-30-20-9-3-8-19(16-20)23(12-5-14-31-24(28)17-33)32-25(29)26-22-11-4-7-18-6-1-2-10-21(18)22/h1-4,6-11,16,23,27,33H,5,12-15,17H2,(H,26,29)/t23-/m0/s1. The Kier molecular flexibility index (Phi) is 9.41. The number of hydrogen-bond donors (Lipinski definition) is 3. The fourth-order valence-corrected chi connectivity index (χ4v) is 3.46. The van der Waals surface area contributed by atoms with Gasteiger partial charge in [0.2, 0.25) is 0 Å². The largest absolute Gasteiger partial charge is 0.491 e. The Labute approximate surface area is 198 Å². The summed E-state index contributed by atoms with van der Waals surface area (Å²) < 4.78 is 16.3. The highest BCUT2D eigenvalue weighted by molar-refractivity contribution is 7.81. The van der Waals surface area contributed by atoms with E-state index in [4.69, 9.17) is 19.3 Å². The molecule has 0 spiro atoms. The maximum absolute atomic E-state index is 12.8. The Morgan fingerprint density at radius 1 is 1.00 bits per heavy atom. The summed E-state index contributed by atoms with van der Waals surface area (Å²) in [6, 6.07) is 20.6. The minimum Gasteiger partial charge on any atom is -0.491 e. The third-order valence-corrected chi connectivity index (χ3v) is 5.13. The molecule has 0 bridgehead atoms. The number of thiol groups is 1. The van der Waals surface area contributed by atoms with Gasteiger partial charge in [0, 0.05) is 5.39 Å². The van der Waals surface area contributed by atoms with Gasteiger partial charge in [-0.1, -0.05) is 48.5 Å². The quantitative estimate of drug-likeness (QED) is 0.213. The monoisotopic (exact) mass is 469 g/mol. The Morgan fingerprint density at radius 2 is 1.79 bits per heavy atom. The van der Waals surface area contributed by atoms with Crippen molar-refractivity contribution in [3.63, 3.8) is 0 Å². The number of aliphatic hydroxyl groups is 1. The van der Waals surface area contributed by atoms with Crippen molar-refractivity contribution in [2.24, 2.45) is 0 Å². The van der Waals surface area contributed by atoms with Crippen LogP contribution >= 0.6 is 12.6 Å². The molecule has 8 heteroatoms. The van der Waals surface area contributed by atoms with E-state index in [2.05, 4.69) is 17.9 Å². The fraction of sp³-hybridized carbons (Fsp3) is 0.280. The number of rotatable bonds is 11. The number of nitrogens with one attached hydrogen (secondary N) is 1. The van der Waals surface area contributed by atoms with Crippen LogP contribution in [0.15, 0.2) is 66.7 Å². The first kappa shape index (κ1) is 24.4. The normalized spacial score (nSPS) is 11.6. The van der Waals surface area contributed by atoms with Crippen molar-refractivity contribution in [3.8, 4) is 5.75 Å². The molecule has 0 radical (unpaired) electrons. The van der Waals surface area contributed by atoms with Crippen molar-refractivity contribution in [1.82, 2.24) is 0 Å². The molecular weight excluding hydrogens is 442 g/mol. The van der Waals surface area contributed by atoms with Crippen LogP contribution in [0.3, 0.4) is 0 Å². The molecule has 0 saturated heterocycles. The van der Waals surface area contributed by atoms with Gasteiger partial charge < -0.3 is 19.3 Å². The number of esters is 1. The maximum atomic E-state index is 12.8. The van der Waals surface area contributed by atoms with Gasteiger partial charge in [0.05, 0.1) is 24.7 Å². The second-order valence-corrected chi connectivity index (χ2v) is 7.53. The number of amides is 1. The number of fused-ring (bicyclic) bond motifs is 1. The van der Waals surface area contributed by atoms with Gasteiger partial charge in [0.25, 0.3) is 0 Å². The van der Waals surface area contributed by atoms with Crippen LogP contribution in [-0.2, 0) is 14.3 Å². The average molecular weight is 470 g/mol. The van der Waals surface area contributed by atoms with E-state index in [0.29, 0.717) is 24.3 Å². The highest BCUT2D eigenvalue weighted by atomic mass is 32.1. The van der Waals surface area contributed by atoms with Crippen LogP contribution in [0, 0.1) is 0 Å². The molecule has 3 rings (SSSR count). The topological polar surface area (TPSA) is 94.1 Å². The third-order valence-electron chi connectivity index (χ3n) is 4.87. The molecule has 0 aliphatic carbocycles. The summed E-state index contributed by atoms with van der Waals surface area (Å²) in [6.45, 7) is 0.259. The number of carbonyl (C=O) groups is 2. The lowest BCUT2D eigenvalue weighted by molar-refractivity contribution is -0.140. The van der Waals surface area contributed by atoms with E-state index in [1.54, 1.807) is 18.2 Å². The molecule has 3 aromatic rings. The Hall–Kier alpha value is -3.23. The SMILES string of the molecule is O=C(CS)OCCC[C@H](OC(=O)Nc1cccc2ccccc12)c1cccc(OCCO)c1. The predicted molar refractivity (Wildman–Crippen MR) is 130 cm³/mol. The molecule has 0 saturated carbocycles. The molecule has 0 unspecified atom stereocenters. The molecule has 0 heterocycles. The summed E-state index contributed by atoms with van der Waals surface area (Å²) >= 11 is 3.89. The maximum Gasteiger partial charge on any atom is 0.412 e. The second-order valence-electron chi connectivity index (χ2n) is 7.21. The Balaban J connectivity index is 1.72. The zero-order chi connectivity index (χ0) is 23.5. The lowest BCUT2D eigenvalue weighted by atomic mass is 10.0. The van der Waals surface area contributed by atoms with E-state index in [0.717, 1.165) is 16.3 Å². The van der Waals surface area contributed by atoms with E-state index in [-0.39, 0.29) is 25.6 Å². The van der Waals surface area contributed by atoms with E-state index in [1.165, 1.54) is 0 Å². The minimum absolute atomic E-state index is 0.0115. The highest BCUT2D eigenvalue weighted by Crippen LogP contribution is 2.28. The van der Waals surface area contributed by atoms with E-state index in [1.807, 2.05) is 48.5 Å². The number of benzene rings is 3. The third kappa shape index (κ3) is 7.40. The summed E-state index contributed by atoms with van der Waals surface area (Å²) in [7, 11) is 0. The van der Waals surface area contributed by atoms with Gasteiger partial charge in [-0.05, 0) is 42.0 Å². The van der Waals surface area contributed by atoms with Gasteiger partial charge in [-0.3, -0.25) is 10.1 Å². The molecule has 7 nitrogen and oxygen atoms in total. The van der Waals surface area contributed by atoms with Crippen molar-refractivity contribution in [2.75, 3.05) is 30.9 Å². The molecule has 174 valence electrons. The van der Waals surface area contributed by atoms with Crippen LogP contribution < -0.4 is 10.1 Å². The highest BCUT2D eigenvalue weighted by Gasteiger charge is 2.19. The molecule has 0 aromatic heterocycles. The van der Waals surface area contributed by atoms with E-state index in [9.17, 15) is 9.59 Å². The van der Waals surface area contributed by atoms with Crippen LogP contribution in [0.25, 0.3) is 10.8 Å². The predicted octanol–water partition coefficient (Wildman–Crippen LogP) is 4.75. The van der Waals surface area contributed by atoms with E-state index >= 15 is 0 Å². The van der Waals surface area contributed by atoms with Crippen molar-refractivity contribution in [3.05, 3.63) is 72.3 Å². The molecule has 0 fully saturated rings. The summed E-state index contributed by atoms with van der Waals surface area (Å²) in [6.07, 6.45) is -0.252. The zero-order valence-electron chi connectivity index (χ0n) is 18.1. The summed E-state index contributed by atoms with van der Waals surface area (Å²) in [5, 5.41) is 13.7. The summed E-state index contributed by atoms with van der Waals surface area (Å²) in [5.74, 6) is 0.174. The van der Waals surface area contributed by atoms with Crippen molar-refractivity contribution in [1.29, 1.82) is 0 Å². The number of anilines is 1. The van der Waals surface area contributed by atoms with Gasteiger partial charge in [-0.15, -0.1) is 0 Å². The molecule has 3 aromatic carbocycles. The average Bonchev–Trinajstić information content (AvgIpc) is 2.84. The van der Waals surface area contributed by atoms with Crippen molar-refractivity contribution in [2.45, 2.75) is 18.9 Å². The van der Waals surface area contributed by atoms with Gasteiger partial charge in [0.1, 0.15) is 18.5 Å². The van der Waals surface area contributed by atoms with Crippen molar-refractivity contribution >= 4 is 41.2 Å². The minimum atomic E-state index is -0.592. The van der Waals surface area contributed by atoms with Crippen LogP contribution in [0.5, 0.6) is 5.75 Å². The molecule has 2 N–H and O–H groups in total. The lowest BCUT2D eigenvalue weighted by Crippen LogP contribution is -2.18. The van der Waals surface area contributed by atoms with Gasteiger partial charge in [-0.25, -0.2) is 4.79 Å². The van der Waals surface area contributed by atoms with Crippen LogP contribution in [0.2, 0.25) is 0 Å². The molecular formula is C25H27NO6S. The van der Waals surface area contributed by atoms with Gasteiger partial charge >= 0.3 is 12.1 Å². The van der Waals surface area contributed by atoms with E-state index < -0.39 is 18.2 Å². The zero-order valence-corrected chi connectivity index (χ0v) is 19.0. The fourth-order valence-electron chi connectivity index (χ4n) is 3.37. The molecule has 0 aliphatic rings. The summed E-state index contributed by atoms with van der Waals surface area (Å²) in [4.78, 5) is 24.1. The summed E-state index contributed by atoms with van der Waals surface area (Å²) in [5.41, 5.74) is 1.39. The van der Waals surface area contributed by atoms with Crippen molar-refractivity contribution < 1.29 is 28.9 Å².